The minimum Gasteiger partial charge on any atom is -0.378 e. The van der Waals surface area contributed by atoms with Crippen LogP contribution in [-0.2, 0) is 20.1 Å². The Morgan fingerprint density at radius 3 is 2.65 bits per heavy atom. The molecule has 0 atom stereocenters. The Labute approximate surface area is 101 Å². The van der Waals surface area contributed by atoms with Gasteiger partial charge in [-0.25, -0.2) is 0 Å². The van der Waals surface area contributed by atoms with Gasteiger partial charge in [0.1, 0.15) is 0 Å². The van der Waals surface area contributed by atoms with Gasteiger partial charge in [-0.05, 0) is 20.8 Å². The Balaban J connectivity index is 2.07. The van der Waals surface area contributed by atoms with Crippen molar-refractivity contribution in [2.45, 2.75) is 33.9 Å². The standard InChI is InChI=1S/C12H19N5/c1-5-17-8-11(9(2)15-17)6-13-12-7-14-16(4)10(12)3/h7-8,13H,5-6H2,1-4H3. The van der Waals surface area contributed by atoms with Crippen LogP contribution in [0, 0.1) is 13.8 Å². The molecule has 1 N–H and O–H groups in total. The molecule has 92 valence electrons. The summed E-state index contributed by atoms with van der Waals surface area (Å²) in [6, 6.07) is 0. The van der Waals surface area contributed by atoms with E-state index in [-0.39, 0.29) is 0 Å². The Morgan fingerprint density at radius 1 is 1.35 bits per heavy atom. The van der Waals surface area contributed by atoms with Crippen LogP contribution < -0.4 is 5.32 Å². The molecular formula is C12H19N5. The zero-order chi connectivity index (χ0) is 12.4. The quantitative estimate of drug-likeness (QED) is 0.877. The average molecular weight is 233 g/mol. The van der Waals surface area contributed by atoms with Gasteiger partial charge in [0.05, 0.1) is 23.3 Å². The van der Waals surface area contributed by atoms with Crippen LogP contribution in [0.15, 0.2) is 12.4 Å². The Bertz CT molecular complexity index is 509. The maximum Gasteiger partial charge on any atom is 0.0758 e. The first kappa shape index (κ1) is 11.7. The number of nitrogens with one attached hydrogen (secondary N) is 1. The fourth-order valence-electron chi connectivity index (χ4n) is 1.76. The summed E-state index contributed by atoms with van der Waals surface area (Å²) in [4.78, 5) is 0. The third kappa shape index (κ3) is 2.33. The molecule has 2 aromatic heterocycles. The molecule has 0 spiro atoms. The summed E-state index contributed by atoms with van der Waals surface area (Å²) >= 11 is 0. The van der Waals surface area contributed by atoms with E-state index in [0.717, 1.165) is 30.2 Å². The topological polar surface area (TPSA) is 47.7 Å². The van der Waals surface area contributed by atoms with Gasteiger partial charge in [0.15, 0.2) is 0 Å². The van der Waals surface area contributed by atoms with Gasteiger partial charge >= 0.3 is 0 Å². The predicted octanol–water partition coefficient (Wildman–Crippen LogP) is 1.87. The summed E-state index contributed by atoms with van der Waals surface area (Å²) in [6.45, 7) is 7.89. The Hall–Kier alpha value is -1.78. The number of nitrogens with zero attached hydrogens (tertiary/aromatic N) is 4. The van der Waals surface area contributed by atoms with Crippen molar-refractivity contribution >= 4 is 5.69 Å². The van der Waals surface area contributed by atoms with Gasteiger partial charge in [0, 0.05) is 31.9 Å². The molecule has 0 aliphatic rings. The minimum atomic E-state index is 0.790. The smallest absolute Gasteiger partial charge is 0.0758 e. The van der Waals surface area contributed by atoms with Gasteiger partial charge < -0.3 is 5.32 Å². The van der Waals surface area contributed by atoms with E-state index in [2.05, 4.69) is 35.6 Å². The van der Waals surface area contributed by atoms with Gasteiger partial charge in [-0.1, -0.05) is 0 Å². The van der Waals surface area contributed by atoms with Crippen molar-refractivity contribution in [1.29, 1.82) is 0 Å². The normalized spacial score (nSPS) is 10.8. The molecule has 5 heteroatoms. The molecule has 2 heterocycles. The van der Waals surface area contributed by atoms with Crippen LogP contribution in [0.5, 0.6) is 0 Å². The van der Waals surface area contributed by atoms with E-state index in [9.17, 15) is 0 Å². The zero-order valence-corrected chi connectivity index (χ0v) is 10.9. The lowest BCUT2D eigenvalue weighted by atomic mass is 10.2. The van der Waals surface area contributed by atoms with Crippen LogP contribution in [-0.4, -0.2) is 19.6 Å². The van der Waals surface area contributed by atoms with E-state index >= 15 is 0 Å². The molecule has 0 saturated heterocycles. The Kier molecular flexibility index (Phi) is 3.17. The van der Waals surface area contributed by atoms with Gasteiger partial charge in [-0.3, -0.25) is 9.36 Å². The number of hydrogen-bond acceptors (Lipinski definition) is 3. The predicted molar refractivity (Wildman–Crippen MR) is 67.9 cm³/mol. The van der Waals surface area contributed by atoms with E-state index in [4.69, 9.17) is 0 Å². The van der Waals surface area contributed by atoms with Gasteiger partial charge in [0.2, 0.25) is 0 Å². The van der Waals surface area contributed by atoms with E-state index in [0.29, 0.717) is 0 Å². The lowest BCUT2D eigenvalue weighted by molar-refractivity contribution is 0.653. The highest BCUT2D eigenvalue weighted by Gasteiger charge is 2.06. The van der Waals surface area contributed by atoms with Crippen LogP contribution in [0.4, 0.5) is 5.69 Å². The second kappa shape index (κ2) is 4.61. The van der Waals surface area contributed by atoms with Crippen LogP contribution >= 0.6 is 0 Å². The molecule has 0 unspecified atom stereocenters. The van der Waals surface area contributed by atoms with Crippen molar-refractivity contribution in [1.82, 2.24) is 19.6 Å². The van der Waals surface area contributed by atoms with Crippen molar-refractivity contribution in [2.75, 3.05) is 5.32 Å². The first-order valence-corrected chi connectivity index (χ1v) is 5.87. The molecule has 0 bridgehead atoms. The Morgan fingerprint density at radius 2 is 2.12 bits per heavy atom. The monoisotopic (exact) mass is 233 g/mol. The van der Waals surface area contributed by atoms with Crippen molar-refractivity contribution in [2.24, 2.45) is 7.05 Å². The summed E-state index contributed by atoms with van der Waals surface area (Å²) in [5, 5.41) is 12.0. The van der Waals surface area contributed by atoms with Crippen LogP contribution in [0.2, 0.25) is 0 Å². The zero-order valence-electron chi connectivity index (χ0n) is 10.9. The number of anilines is 1. The number of hydrogen-bond donors (Lipinski definition) is 1. The first-order valence-electron chi connectivity index (χ1n) is 5.87. The number of aromatic nitrogens is 4. The lowest BCUT2D eigenvalue weighted by Crippen LogP contribution is -2.01. The van der Waals surface area contributed by atoms with E-state index < -0.39 is 0 Å². The maximum atomic E-state index is 4.42. The lowest BCUT2D eigenvalue weighted by Gasteiger charge is -2.04. The highest BCUT2D eigenvalue weighted by molar-refractivity contribution is 5.46. The van der Waals surface area contributed by atoms with Crippen LogP contribution in [0.3, 0.4) is 0 Å². The third-order valence-electron chi connectivity index (χ3n) is 3.08. The molecule has 0 saturated carbocycles. The summed E-state index contributed by atoms with van der Waals surface area (Å²) in [7, 11) is 1.95. The van der Waals surface area contributed by atoms with Crippen LogP contribution in [0.1, 0.15) is 23.9 Å². The molecule has 0 amide bonds. The SMILES string of the molecule is CCn1cc(CNc2cnn(C)c2C)c(C)n1. The molecular weight excluding hydrogens is 214 g/mol. The summed E-state index contributed by atoms with van der Waals surface area (Å²) in [5.74, 6) is 0. The van der Waals surface area contributed by atoms with Gasteiger partial charge in [-0.15, -0.1) is 0 Å². The fraction of sp³-hybridized carbons (Fsp3) is 0.500. The molecule has 0 aromatic carbocycles. The molecule has 2 aromatic rings. The summed E-state index contributed by atoms with van der Waals surface area (Å²) in [6.07, 6.45) is 3.95. The van der Waals surface area contributed by atoms with Crippen molar-refractivity contribution < 1.29 is 0 Å². The van der Waals surface area contributed by atoms with E-state index in [1.165, 1.54) is 5.56 Å². The third-order valence-corrected chi connectivity index (χ3v) is 3.08. The van der Waals surface area contributed by atoms with E-state index in [1.807, 2.05) is 29.5 Å². The highest BCUT2D eigenvalue weighted by Crippen LogP contribution is 2.14. The maximum absolute atomic E-state index is 4.42. The largest absolute Gasteiger partial charge is 0.378 e. The summed E-state index contributed by atoms with van der Waals surface area (Å²) < 4.78 is 3.83. The molecule has 5 nitrogen and oxygen atoms in total. The highest BCUT2D eigenvalue weighted by atomic mass is 15.3. The molecule has 17 heavy (non-hydrogen) atoms. The average Bonchev–Trinajstić information content (AvgIpc) is 2.82. The van der Waals surface area contributed by atoms with Gasteiger partial charge in [-0.2, -0.15) is 10.2 Å². The molecule has 2 rings (SSSR count). The number of rotatable bonds is 4. The minimum absolute atomic E-state index is 0.790. The molecule has 0 aliphatic carbocycles. The van der Waals surface area contributed by atoms with Gasteiger partial charge in [0.25, 0.3) is 0 Å². The molecule has 0 radical (unpaired) electrons. The number of aryl methyl sites for hydroxylation is 3. The molecule has 0 fully saturated rings. The van der Waals surface area contributed by atoms with Crippen molar-refractivity contribution in [3.05, 3.63) is 29.3 Å². The second-order valence-corrected chi connectivity index (χ2v) is 4.22. The summed E-state index contributed by atoms with van der Waals surface area (Å²) in [5.41, 5.74) is 4.54. The van der Waals surface area contributed by atoms with Crippen molar-refractivity contribution in [3.63, 3.8) is 0 Å². The molecule has 0 aliphatic heterocycles. The van der Waals surface area contributed by atoms with Crippen LogP contribution in [0.25, 0.3) is 0 Å². The second-order valence-electron chi connectivity index (χ2n) is 4.22. The fourth-order valence-corrected chi connectivity index (χ4v) is 1.76. The van der Waals surface area contributed by atoms with Crippen molar-refractivity contribution in [3.8, 4) is 0 Å². The first-order chi connectivity index (χ1) is 8.11. The van der Waals surface area contributed by atoms with E-state index in [1.54, 1.807) is 0 Å².